The highest BCUT2D eigenvalue weighted by atomic mass is 16.6. The summed E-state index contributed by atoms with van der Waals surface area (Å²) in [5, 5.41) is 15.5. The predicted molar refractivity (Wildman–Crippen MR) is 97.5 cm³/mol. The smallest absolute Gasteiger partial charge is 0.295 e. The van der Waals surface area contributed by atoms with Gasteiger partial charge in [-0.25, -0.2) is 9.67 Å². The third-order valence-corrected chi connectivity index (χ3v) is 4.78. The summed E-state index contributed by atoms with van der Waals surface area (Å²) in [5.74, 6) is -0.199. The summed E-state index contributed by atoms with van der Waals surface area (Å²) < 4.78 is 1.31. The van der Waals surface area contributed by atoms with E-state index in [0.29, 0.717) is 12.1 Å². The Morgan fingerprint density at radius 3 is 2.70 bits per heavy atom. The van der Waals surface area contributed by atoms with Crippen molar-refractivity contribution >= 4 is 11.6 Å². The molecule has 3 aromatic rings. The van der Waals surface area contributed by atoms with Gasteiger partial charge >= 0.3 is 0 Å². The summed E-state index contributed by atoms with van der Waals surface area (Å²) in [6.07, 6.45) is 4.48. The van der Waals surface area contributed by atoms with Gasteiger partial charge in [0.2, 0.25) is 0 Å². The van der Waals surface area contributed by atoms with Crippen molar-refractivity contribution in [3.05, 3.63) is 82.4 Å². The topological polar surface area (TPSA) is 94.2 Å². The molecule has 0 N–H and O–H groups in total. The van der Waals surface area contributed by atoms with Crippen molar-refractivity contribution in [2.45, 2.75) is 18.9 Å². The number of benzene rings is 2. The first-order chi connectivity index (χ1) is 13.1. The largest absolute Gasteiger partial charge is 0.332 e. The lowest BCUT2D eigenvalue weighted by Crippen LogP contribution is -2.30. The molecule has 1 saturated heterocycles. The molecule has 0 radical (unpaired) electrons. The molecule has 2 aromatic carbocycles. The van der Waals surface area contributed by atoms with Gasteiger partial charge in [-0.1, -0.05) is 30.3 Å². The fourth-order valence-corrected chi connectivity index (χ4v) is 3.53. The molecule has 27 heavy (non-hydrogen) atoms. The number of nitrogens with zero attached hydrogens (tertiary/aromatic N) is 5. The minimum absolute atomic E-state index is 0.00671. The zero-order valence-corrected chi connectivity index (χ0v) is 14.4. The quantitative estimate of drug-likeness (QED) is 0.524. The third kappa shape index (κ3) is 3.17. The summed E-state index contributed by atoms with van der Waals surface area (Å²) in [6.45, 7) is 0.636. The van der Waals surface area contributed by atoms with Crippen molar-refractivity contribution in [3.63, 3.8) is 0 Å². The number of carbonyl (C=O) groups excluding carboxylic acids is 1. The Kier molecular flexibility index (Phi) is 4.37. The van der Waals surface area contributed by atoms with E-state index in [1.54, 1.807) is 11.0 Å². The van der Waals surface area contributed by atoms with E-state index in [9.17, 15) is 14.9 Å². The second kappa shape index (κ2) is 6.99. The first-order valence-corrected chi connectivity index (χ1v) is 8.64. The van der Waals surface area contributed by atoms with E-state index in [1.165, 1.54) is 29.5 Å². The zero-order chi connectivity index (χ0) is 18.8. The highest BCUT2D eigenvalue weighted by Gasteiger charge is 2.31. The number of amides is 1. The Morgan fingerprint density at radius 2 is 2.00 bits per heavy atom. The van der Waals surface area contributed by atoms with E-state index < -0.39 is 4.92 Å². The Labute approximate surface area is 155 Å². The van der Waals surface area contributed by atoms with Crippen LogP contribution in [0.3, 0.4) is 0 Å². The fraction of sp³-hybridized carbons (Fsp3) is 0.211. The summed E-state index contributed by atoms with van der Waals surface area (Å²) in [5.41, 5.74) is 1.47. The van der Waals surface area contributed by atoms with Gasteiger partial charge in [0.15, 0.2) is 0 Å². The van der Waals surface area contributed by atoms with E-state index in [-0.39, 0.29) is 23.3 Å². The molecule has 1 fully saturated rings. The Morgan fingerprint density at radius 1 is 1.19 bits per heavy atom. The number of nitro benzene ring substituents is 1. The first kappa shape index (κ1) is 16.9. The van der Waals surface area contributed by atoms with Gasteiger partial charge in [0, 0.05) is 18.2 Å². The average molecular weight is 363 g/mol. The normalized spacial score (nSPS) is 16.4. The van der Waals surface area contributed by atoms with Crippen LogP contribution >= 0.6 is 0 Å². The molecule has 2 heterocycles. The van der Waals surface area contributed by atoms with Crippen LogP contribution in [0.25, 0.3) is 5.69 Å². The minimum Gasteiger partial charge on any atom is -0.332 e. The van der Waals surface area contributed by atoms with Gasteiger partial charge in [0.05, 0.1) is 11.0 Å². The SMILES string of the molecule is O=C(c1ccc(-n2cncn2)c([N+](=O)[O-])c1)N1CCCC1c1ccccc1. The summed E-state index contributed by atoms with van der Waals surface area (Å²) >= 11 is 0. The highest BCUT2D eigenvalue weighted by molar-refractivity contribution is 5.95. The molecular formula is C19H17N5O3. The molecular weight excluding hydrogens is 346 g/mol. The van der Waals surface area contributed by atoms with E-state index >= 15 is 0 Å². The number of aromatic nitrogens is 3. The van der Waals surface area contributed by atoms with Crippen molar-refractivity contribution < 1.29 is 9.72 Å². The van der Waals surface area contributed by atoms with Crippen LogP contribution in [0.1, 0.15) is 34.8 Å². The molecule has 1 aliphatic heterocycles. The van der Waals surface area contributed by atoms with Crippen molar-refractivity contribution in [2.75, 3.05) is 6.54 Å². The standard InChI is InChI=1S/C19H17N5O3/c25-19(22-10-4-7-16(22)14-5-2-1-3-6-14)15-8-9-17(18(11-15)24(26)27)23-13-20-12-21-23/h1-3,5-6,8-9,11-13,16H,4,7,10H2. The number of rotatable bonds is 4. The fourth-order valence-electron chi connectivity index (χ4n) is 3.53. The van der Waals surface area contributed by atoms with Crippen LogP contribution in [-0.2, 0) is 0 Å². The van der Waals surface area contributed by atoms with Crippen LogP contribution < -0.4 is 0 Å². The maximum atomic E-state index is 13.1. The van der Waals surface area contributed by atoms with Crippen LogP contribution in [0.2, 0.25) is 0 Å². The molecule has 136 valence electrons. The summed E-state index contributed by atoms with van der Waals surface area (Å²) in [6, 6.07) is 14.3. The minimum atomic E-state index is -0.507. The number of likely N-dealkylation sites (tertiary alicyclic amines) is 1. The maximum Gasteiger partial charge on any atom is 0.295 e. The van der Waals surface area contributed by atoms with Gasteiger partial charge in [-0.05, 0) is 30.5 Å². The maximum absolute atomic E-state index is 13.1. The zero-order valence-electron chi connectivity index (χ0n) is 14.4. The lowest BCUT2D eigenvalue weighted by Gasteiger charge is -2.25. The lowest BCUT2D eigenvalue weighted by atomic mass is 10.0. The van der Waals surface area contributed by atoms with E-state index in [4.69, 9.17) is 0 Å². The van der Waals surface area contributed by atoms with Crippen molar-refractivity contribution in [1.82, 2.24) is 19.7 Å². The van der Waals surface area contributed by atoms with Crippen molar-refractivity contribution in [2.24, 2.45) is 0 Å². The molecule has 0 spiro atoms. The van der Waals surface area contributed by atoms with Gasteiger partial charge < -0.3 is 4.90 Å². The van der Waals surface area contributed by atoms with Crippen LogP contribution in [0, 0.1) is 10.1 Å². The summed E-state index contributed by atoms with van der Waals surface area (Å²) in [7, 11) is 0. The molecule has 1 amide bonds. The van der Waals surface area contributed by atoms with Gasteiger partial charge in [-0.3, -0.25) is 14.9 Å². The Hall–Kier alpha value is -3.55. The molecule has 4 rings (SSSR count). The second-order valence-corrected chi connectivity index (χ2v) is 6.37. The third-order valence-electron chi connectivity index (χ3n) is 4.78. The van der Waals surface area contributed by atoms with E-state index in [1.807, 2.05) is 30.3 Å². The number of hydrogen-bond acceptors (Lipinski definition) is 5. The van der Waals surface area contributed by atoms with Gasteiger partial charge in [0.1, 0.15) is 18.3 Å². The number of hydrogen-bond donors (Lipinski definition) is 0. The van der Waals surface area contributed by atoms with Crippen molar-refractivity contribution in [1.29, 1.82) is 0 Å². The van der Waals surface area contributed by atoms with E-state index in [2.05, 4.69) is 10.1 Å². The lowest BCUT2D eigenvalue weighted by molar-refractivity contribution is -0.384. The molecule has 1 aliphatic rings. The van der Waals surface area contributed by atoms with Gasteiger partial charge in [0.25, 0.3) is 11.6 Å². The molecule has 1 atom stereocenters. The van der Waals surface area contributed by atoms with E-state index in [0.717, 1.165) is 18.4 Å². The van der Waals surface area contributed by atoms with Gasteiger partial charge in [-0.2, -0.15) is 5.10 Å². The monoisotopic (exact) mass is 363 g/mol. The molecule has 1 unspecified atom stereocenters. The van der Waals surface area contributed by atoms with Crippen molar-refractivity contribution in [3.8, 4) is 5.69 Å². The van der Waals surface area contributed by atoms with Crippen LogP contribution in [0.5, 0.6) is 0 Å². The van der Waals surface area contributed by atoms with Gasteiger partial charge in [-0.15, -0.1) is 0 Å². The predicted octanol–water partition coefficient (Wildman–Crippen LogP) is 3.15. The number of carbonyl (C=O) groups is 1. The number of nitro groups is 1. The van der Waals surface area contributed by atoms with Crippen LogP contribution in [0.15, 0.2) is 61.2 Å². The molecule has 0 bridgehead atoms. The summed E-state index contributed by atoms with van der Waals surface area (Å²) in [4.78, 5) is 29.7. The Bertz CT molecular complexity index is 972. The molecule has 8 nitrogen and oxygen atoms in total. The first-order valence-electron chi connectivity index (χ1n) is 8.64. The highest BCUT2D eigenvalue weighted by Crippen LogP contribution is 2.34. The molecule has 0 saturated carbocycles. The van der Waals surface area contributed by atoms with Crippen LogP contribution in [0.4, 0.5) is 5.69 Å². The Balaban J connectivity index is 1.68. The second-order valence-electron chi connectivity index (χ2n) is 6.37. The molecule has 8 heteroatoms. The average Bonchev–Trinajstić information content (AvgIpc) is 3.39. The van der Waals surface area contributed by atoms with Crippen LogP contribution in [-0.4, -0.2) is 37.0 Å². The molecule has 0 aliphatic carbocycles. The molecule has 1 aromatic heterocycles.